The first-order chi connectivity index (χ1) is 22.2. The smallest absolute Gasteiger partial charge is 0.256 e. The monoisotopic (exact) mass is 635 g/mol. The second kappa shape index (κ2) is 12.7. The summed E-state index contributed by atoms with van der Waals surface area (Å²) in [6.07, 6.45) is 9.20. The average molecular weight is 636 g/mol. The molecule has 9 nitrogen and oxygen atoms in total. The molecule has 46 heavy (non-hydrogen) atoms. The minimum atomic E-state index is -0.875. The first-order valence-electron chi connectivity index (χ1n) is 17.4. The van der Waals surface area contributed by atoms with E-state index in [9.17, 15) is 14.0 Å². The third kappa shape index (κ3) is 5.73. The Bertz CT molecular complexity index is 1450. The Morgan fingerprint density at radius 1 is 1.09 bits per heavy atom. The number of halogens is 2. The summed E-state index contributed by atoms with van der Waals surface area (Å²) in [5, 5.41) is 3.55. The van der Waals surface area contributed by atoms with Gasteiger partial charge in [-0.15, -0.1) is 0 Å². The molecule has 2 saturated heterocycles. The third-order valence-electron chi connectivity index (χ3n) is 11.2. The third-order valence-corrected chi connectivity index (χ3v) is 11.2. The Morgan fingerprint density at radius 3 is 2.65 bits per heavy atom. The maximum absolute atomic E-state index is 15.4. The van der Waals surface area contributed by atoms with E-state index in [0.29, 0.717) is 49.9 Å². The predicted molar refractivity (Wildman–Crippen MR) is 173 cm³/mol. The highest BCUT2D eigenvalue weighted by molar-refractivity contribution is 6.01. The standard InChI is InChI=1S/C35H47F2N7O2/c1-4-42(21(2)3)34(45)26-17-23(36)9-10-29(26)44-15-14-43(33-30(44)19-38-20-39-33)24-6-5-12-41(13-11-24)35(46)32-27-18-28(40-32)25(31(27)37)16-22-7-8-22/h9-10,17,19-22,24-25,27-28,31-32,40H,4-8,11-16,18H2,1-3H3/t24?,25-,27+,28-,31-,32-/m0/s1. The Kier molecular flexibility index (Phi) is 8.63. The topological polar surface area (TPSA) is 84.9 Å². The van der Waals surface area contributed by atoms with Crippen molar-refractivity contribution in [2.24, 2.45) is 17.8 Å². The van der Waals surface area contributed by atoms with Gasteiger partial charge in [0.2, 0.25) is 5.91 Å². The fourth-order valence-corrected chi connectivity index (χ4v) is 8.68. The van der Waals surface area contributed by atoms with E-state index < -0.39 is 18.0 Å². The molecule has 1 aromatic carbocycles. The van der Waals surface area contributed by atoms with Crippen molar-refractivity contribution in [2.75, 3.05) is 42.5 Å². The normalized spacial score (nSPS) is 29.2. The number of likely N-dealkylation sites (tertiary alicyclic amines) is 1. The molecule has 4 heterocycles. The number of amides is 2. The van der Waals surface area contributed by atoms with Crippen molar-refractivity contribution in [3.63, 3.8) is 0 Å². The van der Waals surface area contributed by atoms with Crippen LogP contribution in [0.3, 0.4) is 0 Å². The van der Waals surface area contributed by atoms with E-state index in [4.69, 9.17) is 4.98 Å². The summed E-state index contributed by atoms with van der Waals surface area (Å²) in [7, 11) is 0. The average Bonchev–Trinajstić information content (AvgIpc) is 3.76. The molecule has 1 aromatic heterocycles. The van der Waals surface area contributed by atoms with Crippen LogP contribution in [0.4, 0.5) is 26.0 Å². The zero-order valence-electron chi connectivity index (χ0n) is 27.2. The first kappa shape index (κ1) is 31.3. The molecule has 3 aliphatic heterocycles. The van der Waals surface area contributed by atoms with Gasteiger partial charge in [-0.1, -0.05) is 12.8 Å². The lowest BCUT2D eigenvalue weighted by Gasteiger charge is -2.42. The van der Waals surface area contributed by atoms with E-state index in [1.807, 2.05) is 30.6 Å². The van der Waals surface area contributed by atoms with E-state index >= 15 is 4.39 Å². The number of anilines is 3. The van der Waals surface area contributed by atoms with E-state index in [1.54, 1.807) is 23.5 Å². The van der Waals surface area contributed by atoms with Gasteiger partial charge in [0.25, 0.3) is 5.91 Å². The van der Waals surface area contributed by atoms with Crippen LogP contribution in [0.5, 0.6) is 0 Å². The summed E-state index contributed by atoms with van der Waals surface area (Å²) in [5.74, 6) is 0.740. The number of rotatable bonds is 8. The van der Waals surface area contributed by atoms with Crippen LogP contribution in [0.2, 0.25) is 0 Å². The number of benzene rings is 1. The van der Waals surface area contributed by atoms with Gasteiger partial charge in [-0.2, -0.15) is 0 Å². The lowest BCUT2D eigenvalue weighted by molar-refractivity contribution is -0.135. The van der Waals surface area contributed by atoms with Gasteiger partial charge in [0, 0.05) is 62.7 Å². The van der Waals surface area contributed by atoms with Crippen LogP contribution >= 0.6 is 0 Å². The number of alkyl halides is 1. The number of piperidine rings is 1. The number of fused-ring (bicyclic) bond motifs is 3. The second-order valence-electron chi connectivity index (χ2n) is 14.3. The lowest BCUT2D eigenvalue weighted by atomic mass is 9.88. The van der Waals surface area contributed by atoms with Gasteiger partial charge in [-0.05, 0) is 77.0 Å². The van der Waals surface area contributed by atoms with Gasteiger partial charge < -0.3 is 24.9 Å². The lowest BCUT2D eigenvalue weighted by Crippen LogP contribution is -2.55. The molecule has 1 unspecified atom stereocenters. The maximum atomic E-state index is 15.4. The maximum Gasteiger partial charge on any atom is 0.256 e. The fourth-order valence-electron chi connectivity index (χ4n) is 8.68. The molecule has 11 heteroatoms. The van der Waals surface area contributed by atoms with E-state index in [2.05, 4.69) is 15.2 Å². The van der Waals surface area contributed by atoms with Gasteiger partial charge in [0.05, 0.1) is 23.5 Å². The van der Waals surface area contributed by atoms with E-state index in [1.165, 1.54) is 25.0 Å². The highest BCUT2D eigenvalue weighted by atomic mass is 19.1. The Morgan fingerprint density at radius 2 is 1.91 bits per heavy atom. The van der Waals surface area contributed by atoms with E-state index in [-0.39, 0.29) is 41.8 Å². The summed E-state index contributed by atoms with van der Waals surface area (Å²) in [4.78, 5) is 44.4. The predicted octanol–water partition coefficient (Wildman–Crippen LogP) is 4.94. The SMILES string of the molecule is CCN(C(=O)c1cc(F)ccc1N1CCN(C2CCCN(C(=O)[C@H]3N[C@H]4C[C@@H]3[C@@H](F)[C@H]4CC3CC3)CC2)c2ncncc21)C(C)C. The number of nitrogens with zero attached hydrogens (tertiary/aromatic N) is 6. The highest BCUT2D eigenvalue weighted by Crippen LogP contribution is 2.48. The van der Waals surface area contributed by atoms with Crippen LogP contribution in [-0.2, 0) is 4.79 Å². The van der Waals surface area contributed by atoms with Crippen LogP contribution in [0, 0.1) is 23.6 Å². The van der Waals surface area contributed by atoms with E-state index in [0.717, 1.165) is 43.6 Å². The van der Waals surface area contributed by atoms with Gasteiger partial charge >= 0.3 is 0 Å². The fraction of sp³-hybridized carbons (Fsp3) is 0.657. The zero-order valence-corrected chi connectivity index (χ0v) is 27.2. The number of carbonyl (C=O) groups is 2. The van der Waals surface area contributed by atoms with Crippen molar-refractivity contribution in [1.82, 2.24) is 25.1 Å². The molecule has 2 saturated carbocycles. The van der Waals surface area contributed by atoms with Crippen molar-refractivity contribution < 1.29 is 18.4 Å². The number of hydrogen-bond donors (Lipinski definition) is 1. The summed E-state index contributed by atoms with van der Waals surface area (Å²) < 4.78 is 30.0. The molecule has 4 fully saturated rings. The van der Waals surface area contributed by atoms with Gasteiger partial charge in [0.1, 0.15) is 24.0 Å². The number of aromatic nitrogens is 2. The first-order valence-corrected chi connectivity index (χ1v) is 17.4. The van der Waals surface area contributed by atoms with Gasteiger partial charge in [-0.25, -0.2) is 18.7 Å². The molecule has 0 spiro atoms. The number of hydrogen-bond acceptors (Lipinski definition) is 7. The van der Waals surface area contributed by atoms with Gasteiger partial charge in [0.15, 0.2) is 5.82 Å². The molecule has 248 valence electrons. The quantitative estimate of drug-likeness (QED) is 0.440. The van der Waals surface area contributed by atoms with Crippen LogP contribution in [-0.4, -0.2) is 94.6 Å². The van der Waals surface area contributed by atoms with Crippen molar-refractivity contribution in [2.45, 2.75) is 96.1 Å². The van der Waals surface area contributed by atoms with Crippen molar-refractivity contribution in [3.8, 4) is 0 Å². The molecule has 2 bridgehead atoms. The molecule has 7 rings (SSSR count). The Balaban J connectivity index is 1.06. The van der Waals surface area contributed by atoms with Crippen molar-refractivity contribution >= 4 is 29.0 Å². The highest BCUT2D eigenvalue weighted by Gasteiger charge is 2.56. The number of carbonyl (C=O) groups excluding carboxylic acids is 2. The molecule has 2 aromatic rings. The van der Waals surface area contributed by atoms with Crippen LogP contribution in [0.1, 0.15) is 76.1 Å². The van der Waals surface area contributed by atoms with Crippen LogP contribution < -0.4 is 15.1 Å². The molecular formula is C35H47F2N7O2. The minimum absolute atomic E-state index is 0.0231. The summed E-state index contributed by atoms with van der Waals surface area (Å²) in [6.45, 7) is 8.91. The van der Waals surface area contributed by atoms with Crippen molar-refractivity contribution in [1.29, 1.82) is 0 Å². The largest absolute Gasteiger partial charge is 0.350 e. The molecule has 6 atom stereocenters. The molecule has 1 N–H and O–H groups in total. The van der Waals surface area contributed by atoms with Crippen LogP contribution in [0.15, 0.2) is 30.7 Å². The minimum Gasteiger partial charge on any atom is -0.350 e. The molecule has 5 aliphatic rings. The molecule has 2 aliphatic carbocycles. The Labute approximate surface area is 270 Å². The zero-order chi connectivity index (χ0) is 32.1. The van der Waals surface area contributed by atoms with Crippen molar-refractivity contribution in [3.05, 3.63) is 42.1 Å². The van der Waals surface area contributed by atoms with Gasteiger partial charge in [-0.3, -0.25) is 9.59 Å². The second-order valence-corrected chi connectivity index (χ2v) is 14.3. The molecular weight excluding hydrogens is 588 g/mol. The Hall–Kier alpha value is -3.34. The summed E-state index contributed by atoms with van der Waals surface area (Å²) in [6, 6.07) is 4.28. The molecule has 2 amide bonds. The summed E-state index contributed by atoms with van der Waals surface area (Å²) >= 11 is 0. The summed E-state index contributed by atoms with van der Waals surface area (Å²) in [5.41, 5.74) is 1.74. The number of nitrogens with one attached hydrogen (secondary N) is 1. The van der Waals surface area contributed by atoms with Crippen LogP contribution in [0.25, 0.3) is 0 Å². The molecule has 0 radical (unpaired) electrons.